The monoisotopic (exact) mass is 271 g/mol. The fourth-order valence-corrected chi connectivity index (χ4v) is 2.14. The van der Waals surface area contributed by atoms with Crippen molar-refractivity contribution in [3.05, 3.63) is 47.8 Å². The molecule has 1 heterocycles. The molecule has 2 aromatic rings. The van der Waals surface area contributed by atoms with Gasteiger partial charge in [-0.05, 0) is 36.1 Å². The zero-order chi connectivity index (χ0) is 13.8. The fourth-order valence-electron chi connectivity index (χ4n) is 2.14. The molecule has 0 bridgehead atoms. The van der Waals surface area contributed by atoms with E-state index in [2.05, 4.69) is 22.5 Å². The van der Waals surface area contributed by atoms with E-state index in [0.29, 0.717) is 6.61 Å². The van der Waals surface area contributed by atoms with Gasteiger partial charge >= 0.3 is 0 Å². The Labute approximate surface area is 119 Å². The number of rotatable bonds is 7. The second-order valence-electron chi connectivity index (χ2n) is 5.42. The van der Waals surface area contributed by atoms with E-state index in [-0.39, 0.29) is 0 Å². The Morgan fingerprint density at radius 2 is 2.05 bits per heavy atom. The summed E-state index contributed by atoms with van der Waals surface area (Å²) in [7, 11) is 1.93. The molecule has 0 unspecified atom stereocenters. The molecule has 3 rings (SSSR count). The van der Waals surface area contributed by atoms with Crippen LogP contribution in [0.3, 0.4) is 0 Å². The van der Waals surface area contributed by atoms with Crippen LogP contribution < -0.4 is 10.1 Å². The number of aromatic nitrogens is 2. The van der Waals surface area contributed by atoms with Crippen molar-refractivity contribution in [1.82, 2.24) is 15.1 Å². The quantitative estimate of drug-likeness (QED) is 0.840. The molecule has 0 radical (unpaired) electrons. The van der Waals surface area contributed by atoms with E-state index in [1.807, 2.05) is 36.3 Å². The second-order valence-corrected chi connectivity index (χ2v) is 5.42. The maximum Gasteiger partial charge on any atom is 0.119 e. The molecule has 4 heteroatoms. The van der Waals surface area contributed by atoms with Crippen molar-refractivity contribution in [2.45, 2.75) is 31.8 Å². The lowest BCUT2D eigenvalue weighted by Gasteiger charge is -2.07. The molecule has 0 aliphatic heterocycles. The van der Waals surface area contributed by atoms with Crippen LogP contribution in [0.2, 0.25) is 0 Å². The Morgan fingerprint density at radius 3 is 2.70 bits per heavy atom. The van der Waals surface area contributed by atoms with E-state index in [1.165, 1.54) is 24.0 Å². The SMILES string of the molecule is Cn1cc(CCOc2ccc(CNC3CC3)cc2)cn1. The van der Waals surface area contributed by atoms with Crippen LogP contribution in [0.5, 0.6) is 5.75 Å². The zero-order valence-corrected chi connectivity index (χ0v) is 11.9. The highest BCUT2D eigenvalue weighted by Crippen LogP contribution is 2.20. The number of hydrogen-bond acceptors (Lipinski definition) is 3. The third kappa shape index (κ3) is 3.84. The molecule has 1 aliphatic rings. The number of ether oxygens (including phenoxy) is 1. The third-order valence-electron chi connectivity index (χ3n) is 3.51. The van der Waals surface area contributed by atoms with Gasteiger partial charge in [0.1, 0.15) is 5.75 Å². The highest BCUT2D eigenvalue weighted by atomic mass is 16.5. The van der Waals surface area contributed by atoms with Crippen LogP contribution in [0, 0.1) is 0 Å². The first kappa shape index (κ1) is 13.2. The summed E-state index contributed by atoms with van der Waals surface area (Å²) in [4.78, 5) is 0. The first-order valence-corrected chi connectivity index (χ1v) is 7.22. The molecule has 0 saturated heterocycles. The summed E-state index contributed by atoms with van der Waals surface area (Å²) in [5, 5.41) is 7.66. The summed E-state index contributed by atoms with van der Waals surface area (Å²) in [5.41, 5.74) is 2.52. The van der Waals surface area contributed by atoms with Crippen LogP contribution >= 0.6 is 0 Å². The van der Waals surface area contributed by atoms with Gasteiger partial charge in [0.05, 0.1) is 12.8 Å². The van der Waals surface area contributed by atoms with Crippen LogP contribution in [0.15, 0.2) is 36.7 Å². The van der Waals surface area contributed by atoms with Gasteiger partial charge in [-0.1, -0.05) is 12.1 Å². The van der Waals surface area contributed by atoms with Crippen LogP contribution in [-0.4, -0.2) is 22.4 Å². The van der Waals surface area contributed by atoms with Crippen molar-refractivity contribution in [2.75, 3.05) is 6.61 Å². The van der Waals surface area contributed by atoms with Gasteiger partial charge in [-0.3, -0.25) is 4.68 Å². The number of aryl methyl sites for hydroxylation is 1. The Hall–Kier alpha value is -1.81. The molecule has 20 heavy (non-hydrogen) atoms. The summed E-state index contributed by atoms with van der Waals surface area (Å²) in [6.45, 7) is 1.64. The van der Waals surface area contributed by atoms with Crippen molar-refractivity contribution in [2.24, 2.45) is 7.05 Å². The maximum absolute atomic E-state index is 5.75. The minimum Gasteiger partial charge on any atom is -0.493 e. The smallest absolute Gasteiger partial charge is 0.119 e. The highest BCUT2D eigenvalue weighted by molar-refractivity contribution is 5.27. The molecule has 4 nitrogen and oxygen atoms in total. The van der Waals surface area contributed by atoms with E-state index in [1.54, 1.807) is 0 Å². The van der Waals surface area contributed by atoms with E-state index in [9.17, 15) is 0 Å². The van der Waals surface area contributed by atoms with E-state index < -0.39 is 0 Å². The normalized spacial score (nSPS) is 14.4. The largest absolute Gasteiger partial charge is 0.493 e. The molecule has 0 spiro atoms. The first-order valence-electron chi connectivity index (χ1n) is 7.22. The highest BCUT2D eigenvalue weighted by Gasteiger charge is 2.19. The van der Waals surface area contributed by atoms with Crippen molar-refractivity contribution >= 4 is 0 Å². The topological polar surface area (TPSA) is 39.1 Å². The summed E-state index contributed by atoms with van der Waals surface area (Å²) in [6.07, 6.45) is 7.45. The molecule has 1 aliphatic carbocycles. The third-order valence-corrected chi connectivity index (χ3v) is 3.51. The molecule has 1 aromatic heterocycles. The lowest BCUT2D eigenvalue weighted by molar-refractivity contribution is 0.322. The molecule has 1 saturated carbocycles. The summed E-state index contributed by atoms with van der Waals surface area (Å²) >= 11 is 0. The second kappa shape index (κ2) is 6.09. The first-order chi connectivity index (χ1) is 9.79. The van der Waals surface area contributed by atoms with Crippen molar-refractivity contribution in [1.29, 1.82) is 0 Å². The predicted molar refractivity (Wildman–Crippen MR) is 78.7 cm³/mol. The molecule has 1 aromatic carbocycles. The zero-order valence-electron chi connectivity index (χ0n) is 11.9. The van der Waals surface area contributed by atoms with Gasteiger partial charge in [0.25, 0.3) is 0 Å². The van der Waals surface area contributed by atoms with Crippen molar-refractivity contribution in [3.8, 4) is 5.75 Å². The Kier molecular flexibility index (Phi) is 4.02. The van der Waals surface area contributed by atoms with Crippen LogP contribution in [0.4, 0.5) is 0 Å². The van der Waals surface area contributed by atoms with E-state index in [4.69, 9.17) is 4.74 Å². The summed E-state index contributed by atoms with van der Waals surface area (Å²) in [6, 6.07) is 9.12. The number of hydrogen-bond donors (Lipinski definition) is 1. The molecule has 1 fully saturated rings. The fraction of sp³-hybridized carbons (Fsp3) is 0.438. The lowest BCUT2D eigenvalue weighted by Crippen LogP contribution is -2.15. The number of nitrogens with zero attached hydrogens (tertiary/aromatic N) is 2. The minimum absolute atomic E-state index is 0.686. The van der Waals surface area contributed by atoms with Crippen molar-refractivity contribution < 1.29 is 4.74 Å². The minimum atomic E-state index is 0.686. The van der Waals surface area contributed by atoms with Crippen LogP contribution in [0.25, 0.3) is 0 Å². The van der Waals surface area contributed by atoms with Crippen molar-refractivity contribution in [3.63, 3.8) is 0 Å². The molecular weight excluding hydrogens is 250 g/mol. The van der Waals surface area contributed by atoms with E-state index >= 15 is 0 Å². The maximum atomic E-state index is 5.75. The van der Waals surface area contributed by atoms with Crippen LogP contribution in [-0.2, 0) is 20.0 Å². The van der Waals surface area contributed by atoms with Gasteiger partial charge in [-0.25, -0.2) is 0 Å². The Bertz CT molecular complexity index is 543. The molecule has 0 atom stereocenters. The van der Waals surface area contributed by atoms with Gasteiger partial charge in [-0.15, -0.1) is 0 Å². The van der Waals surface area contributed by atoms with Gasteiger partial charge < -0.3 is 10.1 Å². The molecule has 0 amide bonds. The van der Waals surface area contributed by atoms with Gasteiger partial charge in [-0.2, -0.15) is 5.10 Å². The Balaban J connectivity index is 1.42. The summed E-state index contributed by atoms with van der Waals surface area (Å²) in [5.74, 6) is 0.934. The predicted octanol–water partition coefficient (Wildman–Crippen LogP) is 2.29. The standard InChI is InChI=1S/C16H21N3O/c1-19-12-14(11-18-19)8-9-20-16-6-2-13(3-7-16)10-17-15-4-5-15/h2-3,6-7,11-12,15,17H,4-5,8-10H2,1H3. The summed E-state index contributed by atoms with van der Waals surface area (Å²) < 4.78 is 7.57. The van der Waals surface area contributed by atoms with Gasteiger partial charge in [0.15, 0.2) is 0 Å². The van der Waals surface area contributed by atoms with Gasteiger partial charge in [0.2, 0.25) is 0 Å². The molecule has 106 valence electrons. The van der Waals surface area contributed by atoms with E-state index in [0.717, 1.165) is 24.8 Å². The number of benzene rings is 1. The Morgan fingerprint density at radius 1 is 1.25 bits per heavy atom. The molecular formula is C16H21N3O. The average Bonchev–Trinajstić information content (AvgIpc) is 3.20. The van der Waals surface area contributed by atoms with Crippen LogP contribution in [0.1, 0.15) is 24.0 Å². The molecule has 1 N–H and O–H groups in total. The average molecular weight is 271 g/mol. The lowest BCUT2D eigenvalue weighted by atomic mass is 10.2. The van der Waals surface area contributed by atoms with Gasteiger partial charge in [0, 0.05) is 32.3 Å². The number of nitrogens with one attached hydrogen (secondary N) is 1.